The lowest BCUT2D eigenvalue weighted by Crippen LogP contribution is -2.67. The second-order valence-corrected chi connectivity index (χ2v) is 17.1. The molecule has 5 aliphatic carbocycles. The van der Waals surface area contributed by atoms with Gasteiger partial charge in [0.1, 0.15) is 18.3 Å². The van der Waals surface area contributed by atoms with E-state index in [4.69, 9.17) is 14.2 Å². The molecular weight excluding hydrogens is 528 g/mol. The molecule has 5 aliphatic rings. The average Bonchev–Trinajstić information content (AvgIpc) is 2.84. The van der Waals surface area contributed by atoms with Gasteiger partial charge in [-0.05, 0) is 85.4 Å². The van der Waals surface area contributed by atoms with Crippen molar-refractivity contribution in [3.8, 4) is 0 Å². The first-order valence-electron chi connectivity index (χ1n) is 16.5. The highest BCUT2D eigenvalue weighted by Crippen LogP contribution is 2.76. The molecule has 0 aliphatic heterocycles. The van der Waals surface area contributed by atoms with Crippen LogP contribution in [-0.4, -0.2) is 36.2 Å². The fourth-order valence-electron chi connectivity index (χ4n) is 11.8. The topological polar surface area (TPSA) is 78.9 Å². The minimum Gasteiger partial charge on any atom is -0.462 e. The van der Waals surface area contributed by atoms with E-state index >= 15 is 0 Å². The Morgan fingerprint density at radius 1 is 0.690 bits per heavy atom. The van der Waals surface area contributed by atoms with E-state index in [0.29, 0.717) is 11.8 Å². The molecule has 236 valence electrons. The summed E-state index contributed by atoms with van der Waals surface area (Å²) in [5.74, 6) is 0.497. The zero-order valence-electron chi connectivity index (χ0n) is 28.1. The van der Waals surface area contributed by atoms with E-state index in [1.807, 2.05) is 0 Å². The third-order valence-electron chi connectivity index (χ3n) is 14.1. The molecule has 10 unspecified atom stereocenters. The summed E-state index contributed by atoms with van der Waals surface area (Å²) in [6.07, 6.45) is 9.87. The normalized spacial score (nSPS) is 46.9. The minimum atomic E-state index is -0.478. The first kappa shape index (κ1) is 31.6. The van der Waals surface area contributed by atoms with Gasteiger partial charge < -0.3 is 14.2 Å². The smallest absolute Gasteiger partial charge is 0.303 e. The Balaban J connectivity index is 1.55. The zero-order valence-corrected chi connectivity index (χ0v) is 28.1. The number of esters is 3. The number of hydrogen-bond donors (Lipinski definition) is 0. The Morgan fingerprint density at radius 3 is 1.88 bits per heavy atom. The van der Waals surface area contributed by atoms with Crippen molar-refractivity contribution in [2.45, 2.75) is 146 Å². The molecule has 0 bridgehead atoms. The van der Waals surface area contributed by atoms with Crippen molar-refractivity contribution in [2.24, 2.45) is 50.2 Å². The number of hydrogen-bond acceptors (Lipinski definition) is 6. The Kier molecular flexibility index (Phi) is 7.39. The monoisotopic (exact) mass is 584 g/mol. The highest BCUT2D eigenvalue weighted by atomic mass is 16.6. The lowest BCUT2D eigenvalue weighted by Gasteiger charge is -2.72. The molecule has 6 nitrogen and oxygen atoms in total. The van der Waals surface area contributed by atoms with Crippen LogP contribution in [0.25, 0.3) is 0 Å². The summed E-state index contributed by atoms with van der Waals surface area (Å²) in [6.45, 7) is 23.4. The van der Waals surface area contributed by atoms with Crippen LogP contribution in [0.15, 0.2) is 11.6 Å². The van der Waals surface area contributed by atoms with E-state index in [1.54, 1.807) is 12.5 Å². The minimum absolute atomic E-state index is 0.0223. The molecule has 0 saturated heterocycles. The standard InChI is InChI=1S/C36H56O6/c1-21(37)40-28-15-16-34(9)26(32(28,6)7)14-17-36(11)27(34)13-12-24-25-20-31(4,5)29(41-22(2)38)30(42-23(3)39)33(25,8)18-19-35(24,36)10/h12,25-30H,13-20H2,1-11H3. The largest absolute Gasteiger partial charge is 0.462 e. The zero-order chi connectivity index (χ0) is 31.3. The van der Waals surface area contributed by atoms with Crippen LogP contribution in [0.3, 0.4) is 0 Å². The first-order valence-corrected chi connectivity index (χ1v) is 16.5. The molecule has 0 amide bonds. The number of fused-ring (bicyclic) bond motifs is 7. The maximum atomic E-state index is 12.5. The van der Waals surface area contributed by atoms with Crippen LogP contribution in [-0.2, 0) is 28.6 Å². The second-order valence-electron chi connectivity index (χ2n) is 17.1. The summed E-state index contributed by atoms with van der Waals surface area (Å²) >= 11 is 0. The molecule has 0 heterocycles. The van der Waals surface area contributed by atoms with Gasteiger partial charge in [0, 0.05) is 37.0 Å². The Labute approximate surface area is 254 Å². The van der Waals surface area contributed by atoms with Gasteiger partial charge in [-0.1, -0.05) is 67.0 Å². The number of allylic oxidation sites excluding steroid dienone is 2. The van der Waals surface area contributed by atoms with Crippen LogP contribution in [0.5, 0.6) is 0 Å². The summed E-state index contributed by atoms with van der Waals surface area (Å²) < 4.78 is 18.0. The summed E-state index contributed by atoms with van der Waals surface area (Å²) in [4.78, 5) is 36.7. The van der Waals surface area contributed by atoms with Gasteiger partial charge in [-0.2, -0.15) is 0 Å². The molecule has 0 radical (unpaired) electrons. The van der Waals surface area contributed by atoms with Gasteiger partial charge in [0.25, 0.3) is 0 Å². The fourth-order valence-corrected chi connectivity index (χ4v) is 11.8. The number of rotatable bonds is 3. The van der Waals surface area contributed by atoms with E-state index in [2.05, 4.69) is 61.5 Å². The van der Waals surface area contributed by atoms with Crippen LogP contribution in [0.2, 0.25) is 0 Å². The van der Waals surface area contributed by atoms with Gasteiger partial charge in [0.15, 0.2) is 0 Å². The van der Waals surface area contributed by atoms with Gasteiger partial charge in [-0.3, -0.25) is 14.4 Å². The van der Waals surface area contributed by atoms with Gasteiger partial charge >= 0.3 is 17.9 Å². The highest BCUT2D eigenvalue weighted by Gasteiger charge is 2.70. The molecular formula is C36H56O6. The average molecular weight is 585 g/mol. The van der Waals surface area contributed by atoms with Crippen molar-refractivity contribution in [2.75, 3.05) is 0 Å². The molecule has 0 N–H and O–H groups in total. The predicted molar refractivity (Wildman–Crippen MR) is 162 cm³/mol. The molecule has 0 aromatic heterocycles. The van der Waals surface area contributed by atoms with Gasteiger partial charge in [0.2, 0.25) is 0 Å². The van der Waals surface area contributed by atoms with Gasteiger partial charge in [0.05, 0.1) is 0 Å². The third-order valence-corrected chi connectivity index (χ3v) is 14.1. The van der Waals surface area contributed by atoms with Crippen molar-refractivity contribution < 1.29 is 28.6 Å². The van der Waals surface area contributed by atoms with Gasteiger partial charge in [-0.25, -0.2) is 0 Å². The lowest BCUT2D eigenvalue weighted by molar-refractivity contribution is -0.233. The molecule has 4 fully saturated rings. The van der Waals surface area contributed by atoms with Crippen molar-refractivity contribution in [1.29, 1.82) is 0 Å². The molecule has 6 heteroatoms. The van der Waals surface area contributed by atoms with Crippen molar-refractivity contribution in [3.05, 3.63) is 11.6 Å². The van der Waals surface area contributed by atoms with E-state index in [9.17, 15) is 14.4 Å². The SMILES string of the molecule is CC(=O)OC1C(OC(C)=O)C2(C)CCC3(C)C(=CCC4C5(C)CCC(OC(C)=O)C(C)(C)C5CCC43C)C2CC1(C)C. The summed E-state index contributed by atoms with van der Waals surface area (Å²) in [5, 5.41) is 0. The predicted octanol–water partition coefficient (Wildman–Crippen LogP) is 7.82. The van der Waals surface area contributed by atoms with Crippen LogP contribution < -0.4 is 0 Å². The molecule has 42 heavy (non-hydrogen) atoms. The lowest BCUT2D eigenvalue weighted by atomic mass is 9.33. The molecule has 0 spiro atoms. The fraction of sp³-hybridized carbons (Fsp3) is 0.861. The van der Waals surface area contributed by atoms with E-state index in [1.165, 1.54) is 13.8 Å². The van der Waals surface area contributed by atoms with Crippen LogP contribution in [0, 0.1) is 50.2 Å². The summed E-state index contributed by atoms with van der Waals surface area (Å²) in [6, 6.07) is 0. The maximum absolute atomic E-state index is 12.5. The van der Waals surface area contributed by atoms with E-state index in [0.717, 1.165) is 51.4 Å². The van der Waals surface area contributed by atoms with E-state index in [-0.39, 0.29) is 62.4 Å². The molecule has 4 saturated carbocycles. The first-order chi connectivity index (χ1) is 19.2. The quantitative estimate of drug-likeness (QED) is 0.191. The number of carbonyl (C=O) groups excluding carboxylic acids is 3. The Hall–Kier alpha value is -1.85. The van der Waals surface area contributed by atoms with Crippen LogP contribution >= 0.6 is 0 Å². The molecule has 0 aromatic rings. The number of ether oxygens (including phenoxy) is 3. The molecule has 0 aromatic carbocycles. The third kappa shape index (κ3) is 4.34. The Morgan fingerprint density at radius 2 is 1.29 bits per heavy atom. The summed E-state index contributed by atoms with van der Waals surface area (Å²) in [5.41, 5.74) is 1.20. The molecule has 10 atom stereocenters. The second kappa shape index (κ2) is 9.83. The van der Waals surface area contributed by atoms with Crippen molar-refractivity contribution >= 4 is 17.9 Å². The van der Waals surface area contributed by atoms with Crippen molar-refractivity contribution in [3.63, 3.8) is 0 Å². The van der Waals surface area contributed by atoms with Crippen LogP contribution in [0.4, 0.5) is 0 Å². The number of carbonyl (C=O) groups is 3. The maximum Gasteiger partial charge on any atom is 0.303 e. The Bertz CT molecular complexity index is 1180. The molecule has 5 rings (SSSR count). The van der Waals surface area contributed by atoms with E-state index < -0.39 is 12.2 Å². The summed E-state index contributed by atoms with van der Waals surface area (Å²) in [7, 11) is 0. The van der Waals surface area contributed by atoms with Gasteiger partial charge in [-0.15, -0.1) is 0 Å². The van der Waals surface area contributed by atoms with Crippen molar-refractivity contribution in [1.82, 2.24) is 0 Å². The highest BCUT2D eigenvalue weighted by molar-refractivity contribution is 5.68. The van der Waals surface area contributed by atoms with Crippen LogP contribution in [0.1, 0.15) is 128 Å².